The Bertz CT molecular complexity index is 573. The molecule has 0 aliphatic heterocycles. The third kappa shape index (κ3) is 3.76. The smallest absolute Gasteiger partial charge is 0.200 e. The van der Waals surface area contributed by atoms with Crippen LogP contribution in [0.15, 0.2) is 53.0 Å². The average molecular weight is 319 g/mol. The summed E-state index contributed by atoms with van der Waals surface area (Å²) < 4.78 is 6.30. The molecule has 0 radical (unpaired) electrons. The van der Waals surface area contributed by atoms with E-state index < -0.39 is 0 Å². The van der Waals surface area contributed by atoms with Crippen LogP contribution in [-0.2, 0) is 0 Å². The van der Waals surface area contributed by atoms with Gasteiger partial charge in [-0.25, -0.2) is 0 Å². The first-order valence-electron chi connectivity index (χ1n) is 5.66. The second-order valence-electron chi connectivity index (χ2n) is 3.91. The minimum absolute atomic E-state index is 0.0257. The molecule has 0 saturated carbocycles. The number of rotatable bonds is 5. The van der Waals surface area contributed by atoms with E-state index in [9.17, 15) is 9.59 Å². The fraction of sp³-hybridized carbons (Fsp3) is 0.0667. The molecule has 2 aromatic carbocycles. The predicted octanol–water partition coefficient (Wildman–Crippen LogP) is 3.52. The predicted molar refractivity (Wildman–Crippen MR) is 75.8 cm³/mol. The van der Waals surface area contributed by atoms with Gasteiger partial charge in [0.15, 0.2) is 12.4 Å². The molecule has 0 aliphatic rings. The number of hydrogen-bond acceptors (Lipinski definition) is 3. The van der Waals surface area contributed by atoms with Gasteiger partial charge in [0.2, 0.25) is 0 Å². The van der Waals surface area contributed by atoms with Crippen LogP contribution in [-0.4, -0.2) is 18.7 Å². The molecule has 2 aromatic rings. The number of aldehydes is 1. The summed E-state index contributed by atoms with van der Waals surface area (Å²) in [7, 11) is 0. The molecule has 19 heavy (non-hydrogen) atoms. The molecule has 2 rings (SSSR count). The van der Waals surface area contributed by atoms with Crippen LogP contribution in [0.1, 0.15) is 20.7 Å². The molecule has 3 nitrogen and oxygen atoms in total. The summed E-state index contributed by atoms with van der Waals surface area (Å²) in [5.74, 6) is 0.475. The molecule has 0 N–H and O–H groups in total. The Morgan fingerprint density at radius 2 is 1.68 bits per heavy atom. The molecule has 0 aromatic heterocycles. The van der Waals surface area contributed by atoms with E-state index in [1.807, 2.05) is 12.1 Å². The van der Waals surface area contributed by atoms with Gasteiger partial charge >= 0.3 is 0 Å². The Morgan fingerprint density at radius 3 is 2.26 bits per heavy atom. The minimum Gasteiger partial charge on any atom is -0.485 e. The minimum atomic E-state index is -0.0908. The fourth-order valence-corrected chi connectivity index (χ4v) is 1.77. The summed E-state index contributed by atoms with van der Waals surface area (Å²) in [5.41, 5.74) is 1.18. The van der Waals surface area contributed by atoms with Crippen molar-refractivity contribution in [2.45, 2.75) is 0 Å². The van der Waals surface area contributed by atoms with Gasteiger partial charge in [-0.2, -0.15) is 0 Å². The van der Waals surface area contributed by atoms with E-state index in [0.717, 1.165) is 10.8 Å². The maximum absolute atomic E-state index is 11.9. The third-order valence-electron chi connectivity index (χ3n) is 2.55. The van der Waals surface area contributed by atoms with Crippen LogP contribution in [0.3, 0.4) is 0 Å². The molecule has 0 aliphatic carbocycles. The van der Waals surface area contributed by atoms with Gasteiger partial charge < -0.3 is 4.74 Å². The zero-order valence-corrected chi connectivity index (χ0v) is 11.6. The van der Waals surface area contributed by atoms with Crippen molar-refractivity contribution in [1.29, 1.82) is 0 Å². The van der Waals surface area contributed by atoms with Gasteiger partial charge in [0.05, 0.1) is 0 Å². The van der Waals surface area contributed by atoms with Gasteiger partial charge in [-0.3, -0.25) is 9.59 Å². The van der Waals surface area contributed by atoms with Crippen LogP contribution in [0, 0.1) is 0 Å². The van der Waals surface area contributed by atoms with Crippen molar-refractivity contribution in [2.24, 2.45) is 0 Å². The molecule has 0 bridgehead atoms. The van der Waals surface area contributed by atoms with E-state index in [1.54, 1.807) is 36.4 Å². The number of halogens is 1. The quantitative estimate of drug-likeness (QED) is 0.625. The van der Waals surface area contributed by atoms with Crippen LogP contribution in [0.2, 0.25) is 0 Å². The maximum Gasteiger partial charge on any atom is 0.200 e. The summed E-state index contributed by atoms with van der Waals surface area (Å²) in [4.78, 5) is 22.4. The molecule has 0 amide bonds. The summed E-state index contributed by atoms with van der Waals surface area (Å²) in [6, 6.07) is 13.7. The first kappa shape index (κ1) is 13.5. The second-order valence-corrected chi connectivity index (χ2v) is 4.82. The highest BCUT2D eigenvalue weighted by Gasteiger charge is 2.06. The van der Waals surface area contributed by atoms with E-state index in [1.165, 1.54) is 0 Å². The Hall–Kier alpha value is -1.94. The number of carbonyl (C=O) groups excluding carboxylic acids is 2. The summed E-state index contributed by atoms with van der Waals surface area (Å²) in [5, 5.41) is 0. The van der Waals surface area contributed by atoms with Gasteiger partial charge in [0.1, 0.15) is 12.0 Å². The molecule has 0 atom stereocenters. The van der Waals surface area contributed by atoms with Gasteiger partial charge in [-0.05, 0) is 36.4 Å². The number of ketones is 1. The first-order chi connectivity index (χ1) is 9.19. The third-order valence-corrected chi connectivity index (χ3v) is 3.08. The van der Waals surface area contributed by atoms with Crippen LogP contribution in [0.5, 0.6) is 5.75 Å². The Labute approximate surface area is 119 Å². The van der Waals surface area contributed by atoms with Crippen LogP contribution in [0.4, 0.5) is 0 Å². The van der Waals surface area contributed by atoms with Crippen LogP contribution in [0.25, 0.3) is 0 Å². The lowest BCUT2D eigenvalue weighted by atomic mass is 10.1. The SMILES string of the molecule is O=Cc1ccc(OCC(=O)c2ccc(Br)cc2)cc1. The molecule has 0 saturated heterocycles. The highest BCUT2D eigenvalue weighted by molar-refractivity contribution is 9.10. The second kappa shape index (κ2) is 6.29. The number of benzene rings is 2. The number of Topliss-reactive ketones (excluding diaryl/α,β-unsaturated/α-hetero) is 1. The monoisotopic (exact) mass is 318 g/mol. The van der Waals surface area contributed by atoms with Crippen molar-refractivity contribution >= 4 is 28.0 Å². The van der Waals surface area contributed by atoms with Crippen molar-refractivity contribution in [3.63, 3.8) is 0 Å². The standard InChI is InChI=1S/C15H11BrO3/c16-13-5-3-12(4-6-13)15(18)10-19-14-7-1-11(9-17)2-8-14/h1-9H,10H2. The van der Waals surface area contributed by atoms with Crippen molar-refractivity contribution in [3.05, 3.63) is 64.1 Å². The maximum atomic E-state index is 11.9. The number of hydrogen-bond donors (Lipinski definition) is 0. The number of ether oxygens (including phenoxy) is 1. The zero-order chi connectivity index (χ0) is 13.7. The highest BCUT2D eigenvalue weighted by atomic mass is 79.9. The molecular weight excluding hydrogens is 308 g/mol. The van der Waals surface area contributed by atoms with Crippen LogP contribution >= 0.6 is 15.9 Å². The highest BCUT2D eigenvalue weighted by Crippen LogP contribution is 2.13. The van der Waals surface area contributed by atoms with Crippen LogP contribution < -0.4 is 4.74 Å². The summed E-state index contributed by atoms with van der Waals surface area (Å²) in [6.45, 7) is -0.0257. The lowest BCUT2D eigenvalue weighted by Crippen LogP contribution is -2.11. The topological polar surface area (TPSA) is 43.4 Å². The molecule has 0 spiro atoms. The van der Waals surface area contributed by atoms with Crippen molar-refractivity contribution in [1.82, 2.24) is 0 Å². The van der Waals surface area contributed by atoms with Crippen molar-refractivity contribution < 1.29 is 14.3 Å². The normalized spacial score (nSPS) is 9.95. The Kier molecular flexibility index (Phi) is 4.47. The molecular formula is C15H11BrO3. The van der Waals surface area contributed by atoms with Gasteiger partial charge in [0.25, 0.3) is 0 Å². The van der Waals surface area contributed by atoms with E-state index >= 15 is 0 Å². The molecule has 0 fully saturated rings. The van der Waals surface area contributed by atoms with Gasteiger partial charge in [0, 0.05) is 15.6 Å². The summed E-state index contributed by atoms with van der Waals surface area (Å²) in [6.07, 6.45) is 0.761. The Balaban J connectivity index is 1.96. The number of carbonyl (C=O) groups is 2. The fourth-order valence-electron chi connectivity index (χ4n) is 1.51. The first-order valence-corrected chi connectivity index (χ1v) is 6.45. The summed E-state index contributed by atoms with van der Waals surface area (Å²) >= 11 is 3.31. The largest absolute Gasteiger partial charge is 0.485 e. The van der Waals surface area contributed by atoms with E-state index in [0.29, 0.717) is 16.9 Å². The molecule has 0 unspecified atom stereocenters. The van der Waals surface area contributed by atoms with E-state index in [-0.39, 0.29) is 12.4 Å². The van der Waals surface area contributed by atoms with Crippen molar-refractivity contribution in [3.8, 4) is 5.75 Å². The van der Waals surface area contributed by atoms with E-state index in [4.69, 9.17) is 4.74 Å². The Morgan fingerprint density at radius 1 is 1.05 bits per heavy atom. The molecule has 96 valence electrons. The average Bonchev–Trinajstić information content (AvgIpc) is 2.46. The molecule has 0 heterocycles. The lowest BCUT2D eigenvalue weighted by Gasteiger charge is -2.05. The van der Waals surface area contributed by atoms with Gasteiger partial charge in [-0.15, -0.1) is 0 Å². The van der Waals surface area contributed by atoms with Gasteiger partial charge in [-0.1, -0.05) is 28.1 Å². The molecule has 4 heteroatoms. The van der Waals surface area contributed by atoms with Crippen molar-refractivity contribution in [2.75, 3.05) is 6.61 Å². The lowest BCUT2D eigenvalue weighted by molar-refractivity contribution is 0.0921. The zero-order valence-electron chi connectivity index (χ0n) is 10.0. The van der Waals surface area contributed by atoms with E-state index in [2.05, 4.69) is 15.9 Å².